The fourth-order valence-corrected chi connectivity index (χ4v) is 3.90. The van der Waals surface area contributed by atoms with Crippen molar-refractivity contribution in [1.29, 1.82) is 0 Å². The molecule has 1 aliphatic heterocycles. The van der Waals surface area contributed by atoms with Crippen LogP contribution >= 0.6 is 11.3 Å². The third kappa shape index (κ3) is 3.76. The number of amides is 2. The maximum absolute atomic E-state index is 13.0. The molecule has 0 aliphatic carbocycles. The quantitative estimate of drug-likeness (QED) is 0.875. The Hall–Kier alpha value is -2.14. The van der Waals surface area contributed by atoms with Crippen molar-refractivity contribution in [2.45, 2.75) is 40.7 Å². The summed E-state index contributed by atoms with van der Waals surface area (Å²) in [5.41, 5.74) is 3.00. The molecule has 0 spiro atoms. The summed E-state index contributed by atoms with van der Waals surface area (Å²) in [5.74, 6) is 0.00732. The van der Waals surface area contributed by atoms with Crippen LogP contribution in [0.3, 0.4) is 0 Å². The first-order valence-electron chi connectivity index (χ1n) is 8.53. The predicted molar refractivity (Wildman–Crippen MR) is 102 cm³/mol. The van der Waals surface area contributed by atoms with Gasteiger partial charge in [-0.3, -0.25) is 9.59 Å². The van der Waals surface area contributed by atoms with E-state index in [1.807, 2.05) is 50.8 Å². The monoisotopic (exact) mass is 356 g/mol. The summed E-state index contributed by atoms with van der Waals surface area (Å²) in [6.07, 6.45) is 0.889. The van der Waals surface area contributed by atoms with Crippen LogP contribution in [0.4, 0.5) is 5.00 Å². The lowest BCUT2D eigenvalue weighted by Gasteiger charge is -2.28. The van der Waals surface area contributed by atoms with Crippen molar-refractivity contribution in [3.63, 3.8) is 0 Å². The van der Waals surface area contributed by atoms with Crippen LogP contribution in [0.1, 0.15) is 47.1 Å². The number of rotatable bonds is 2. The number of nitrogens with one attached hydrogen (secondary N) is 1. The van der Waals surface area contributed by atoms with Crippen LogP contribution in [0, 0.1) is 12.3 Å². The Kier molecular flexibility index (Phi) is 4.69. The van der Waals surface area contributed by atoms with E-state index < -0.39 is 5.41 Å². The van der Waals surface area contributed by atoms with Crippen molar-refractivity contribution in [2.24, 2.45) is 5.41 Å². The maximum atomic E-state index is 13.0. The van der Waals surface area contributed by atoms with E-state index in [-0.39, 0.29) is 11.8 Å². The van der Waals surface area contributed by atoms with Gasteiger partial charge in [-0.15, -0.1) is 11.3 Å². The van der Waals surface area contributed by atoms with Gasteiger partial charge in [-0.2, -0.15) is 0 Å². The molecule has 0 radical (unpaired) electrons. The first-order chi connectivity index (χ1) is 11.8. The molecule has 4 nitrogen and oxygen atoms in total. The Morgan fingerprint density at radius 2 is 1.84 bits per heavy atom. The van der Waals surface area contributed by atoms with Gasteiger partial charge in [-0.1, -0.05) is 45.0 Å². The normalized spacial score (nSPS) is 14.2. The van der Waals surface area contributed by atoms with Crippen molar-refractivity contribution in [3.05, 3.63) is 51.9 Å². The Bertz CT molecular complexity index is 817. The second-order valence-corrected chi connectivity index (χ2v) is 8.62. The lowest BCUT2D eigenvalue weighted by Crippen LogP contribution is -2.35. The van der Waals surface area contributed by atoms with Crippen molar-refractivity contribution < 1.29 is 9.59 Å². The standard InChI is InChI=1S/C20H24N2O2S/c1-13-11-16(21-19(24)20(2,3)4)25-17(13)18(23)22-10-9-14-7-5-6-8-15(14)12-22/h5-8,11H,9-10,12H2,1-4H3,(H,21,24). The van der Waals surface area contributed by atoms with E-state index in [0.717, 1.165) is 23.5 Å². The number of nitrogens with zero attached hydrogens (tertiary/aromatic N) is 1. The minimum absolute atomic E-state index is 0.0420. The summed E-state index contributed by atoms with van der Waals surface area (Å²) >= 11 is 1.36. The van der Waals surface area contributed by atoms with E-state index >= 15 is 0 Å². The molecule has 0 fully saturated rings. The van der Waals surface area contributed by atoms with Crippen molar-refractivity contribution >= 4 is 28.2 Å². The van der Waals surface area contributed by atoms with Gasteiger partial charge < -0.3 is 10.2 Å². The highest BCUT2D eigenvalue weighted by molar-refractivity contribution is 7.18. The van der Waals surface area contributed by atoms with Gasteiger partial charge >= 0.3 is 0 Å². The van der Waals surface area contributed by atoms with Crippen molar-refractivity contribution in [1.82, 2.24) is 4.90 Å². The van der Waals surface area contributed by atoms with Gasteiger partial charge in [-0.05, 0) is 36.1 Å². The molecule has 0 unspecified atom stereocenters. The highest BCUT2D eigenvalue weighted by Gasteiger charge is 2.26. The average molecular weight is 356 g/mol. The molecule has 0 bridgehead atoms. The Balaban J connectivity index is 1.76. The molecule has 1 aliphatic rings. The molecule has 2 heterocycles. The summed E-state index contributed by atoms with van der Waals surface area (Å²) in [5, 5.41) is 3.66. The number of hydrogen-bond acceptors (Lipinski definition) is 3. The topological polar surface area (TPSA) is 49.4 Å². The molecule has 0 saturated heterocycles. The average Bonchev–Trinajstić information content (AvgIpc) is 2.93. The van der Waals surface area contributed by atoms with Crippen LogP contribution in [0.2, 0.25) is 0 Å². The molecule has 1 N–H and O–H groups in total. The fraction of sp³-hybridized carbons (Fsp3) is 0.400. The van der Waals surface area contributed by atoms with E-state index in [1.54, 1.807) is 0 Å². The number of aryl methyl sites for hydroxylation is 1. The molecule has 25 heavy (non-hydrogen) atoms. The summed E-state index contributed by atoms with van der Waals surface area (Å²) in [4.78, 5) is 27.7. The van der Waals surface area contributed by atoms with Crippen molar-refractivity contribution in [2.75, 3.05) is 11.9 Å². The fourth-order valence-electron chi connectivity index (χ4n) is 2.87. The molecule has 2 amide bonds. The third-order valence-corrected chi connectivity index (χ3v) is 5.59. The number of fused-ring (bicyclic) bond motifs is 1. The van der Waals surface area contributed by atoms with Gasteiger partial charge in [0.05, 0.1) is 9.88 Å². The molecule has 0 saturated carbocycles. The zero-order valence-electron chi connectivity index (χ0n) is 15.2. The SMILES string of the molecule is Cc1cc(NC(=O)C(C)(C)C)sc1C(=O)N1CCc2ccccc2C1. The van der Waals surface area contributed by atoms with Crippen LogP contribution in [-0.4, -0.2) is 23.3 Å². The molecule has 2 aromatic rings. The minimum atomic E-state index is -0.460. The van der Waals surface area contributed by atoms with Gasteiger partial charge in [0.1, 0.15) is 0 Å². The van der Waals surface area contributed by atoms with Crippen molar-refractivity contribution in [3.8, 4) is 0 Å². The lowest BCUT2D eigenvalue weighted by atomic mass is 9.96. The van der Waals surface area contributed by atoms with Crippen LogP contribution in [0.15, 0.2) is 30.3 Å². The van der Waals surface area contributed by atoms with Gasteiger partial charge in [0, 0.05) is 18.5 Å². The van der Waals surface area contributed by atoms with E-state index in [9.17, 15) is 9.59 Å². The molecule has 5 heteroatoms. The predicted octanol–water partition coefficient (Wildman–Crippen LogP) is 4.24. The lowest BCUT2D eigenvalue weighted by molar-refractivity contribution is -0.123. The van der Waals surface area contributed by atoms with Crippen LogP contribution in [0.25, 0.3) is 0 Å². The Labute approximate surface area is 152 Å². The van der Waals surface area contributed by atoms with E-state index in [1.165, 1.54) is 22.5 Å². The molecule has 3 rings (SSSR count). The largest absolute Gasteiger partial charge is 0.333 e. The van der Waals surface area contributed by atoms with Crippen LogP contribution in [0.5, 0.6) is 0 Å². The van der Waals surface area contributed by atoms with Crippen LogP contribution in [-0.2, 0) is 17.8 Å². The van der Waals surface area contributed by atoms with E-state index in [4.69, 9.17) is 0 Å². The first kappa shape index (κ1) is 17.7. The Morgan fingerprint density at radius 1 is 1.16 bits per heavy atom. The molecule has 132 valence electrons. The zero-order chi connectivity index (χ0) is 18.2. The number of anilines is 1. The van der Waals surface area contributed by atoms with E-state index in [0.29, 0.717) is 11.4 Å². The number of hydrogen-bond donors (Lipinski definition) is 1. The zero-order valence-corrected chi connectivity index (χ0v) is 16.0. The highest BCUT2D eigenvalue weighted by atomic mass is 32.1. The minimum Gasteiger partial charge on any atom is -0.333 e. The summed E-state index contributed by atoms with van der Waals surface area (Å²) < 4.78 is 0. The maximum Gasteiger partial charge on any atom is 0.264 e. The summed E-state index contributed by atoms with van der Waals surface area (Å²) in [6, 6.07) is 10.2. The number of thiophene rings is 1. The molecular formula is C20H24N2O2S. The third-order valence-electron chi connectivity index (χ3n) is 4.45. The second kappa shape index (κ2) is 6.64. The van der Waals surface area contributed by atoms with E-state index in [2.05, 4.69) is 17.4 Å². The number of carbonyl (C=O) groups is 2. The number of carbonyl (C=O) groups excluding carboxylic acids is 2. The highest BCUT2D eigenvalue weighted by Crippen LogP contribution is 2.30. The first-order valence-corrected chi connectivity index (χ1v) is 9.35. The summed E-state index contributed by atoms with van der Waals surface area (Å²) in [6.45, 7) is 8.93. The van der Waals surface area contributed by atoms with Crippen LogP contribution < -0.4 is 5.32 Å². The molecule has 1 aromatic carbocycles. The van der Waals surface area contributed by atoms with Gasteiger partial charge in [0.2, 0.25) is 5.91 Å². The number of benzene rings is 1. The Morgan fingerprint density at radius 3 is 2.52 bits per heavy atom. The van der Waals surface area contributed by atoms with Gasteiger partial charge in [-0.25, -0.2) is 0 Å². The smallest absolute Gasteiger partial charge is 0.264 e. The van der Waals surface area contributed by atoms with Gasteiger partial charge in [0.15, 0.2) is 0 Å². The summed E-state index contributed by atoms with van der Waals surface area (Å²) in [7, 11) is 0. The second-order valence-electron chi connectivity index (χ2n) is 7.57. The van der Waals surface area contributed by atoms with Gasteiger partial charge in [0.25, 0.3) is 5.91 Å². The molecule has 1 aromatic heterocycles. The molecular weight excluding hydrogens is 332 g/mol. The molecule has 0 atom stereocenters.